The molecule has 2 N–H and O–H groups in total. The predicted octanol–water partition coefficient (Wildman–Crippen LogP) is 1.42. The summed E-state index contributed by atoms with van der Waals surface area (Å²) in [5.74, 6) is -1.28. The Balaban J connectivity index is 0.000000493. The molecular formula is C14H21NO5. The molecule has 0 aromatic carbocycles. The van der Waals surface area contributed by atoms with Gasteiger partial charge in [0.25, 0.3) is 0 Å². The molecule has 0 atom stereocenters. The van der Waals surface area contributed by atoms with E-state index in [1.807, 2.05) is 0 Å². The fourth-order valence-electron chi connectivity index (χ4n) is 1.25. The fraction of sp³-hybridized carbons (Fsp3) is 0.500. The SMILES string of the molecule is C=C(CC=C(C)C(=O)O)C(=O)OCC.O=C1CCCN1. The third-order valence-electron chi connectivity index (χ3n) is 2.46. The summed E-state index contributed by atoms with van der Waals surface area (Å²) >= 11 is 0. The molecule has 6 nitrogen and oxygen atoms in total. The summed E-state index contributed by atoms with van der Waals surface area (Å²) in [4.78, 5) is 31.6. The van der Waals surface area contributed by atoms with E-state index in [0.717, 1.165) is 19.4 Å². The van der Waals surface area contributed by atoms with Gasteiger partial charge in [-0.1, -0.05) is 12.7 Å². The molecule has 0 radical (unpaired) electrons. The van der Waals surface area contributed by atoms with Crippen LogP contribution >= 0.6 is 0 Å². The summed E-state index contributed by atoms with van der Waals surface area (Å²) in [6.45, 7) is 7.83. The summed E-state index contributed by atoms with van der Waals surface area (Å²) in [5.41, 5.74) is 0.447. The highest BCUT2D eigenvalue weighted by Crippen LogP contribution is 2.05. The smallest absolute Gasteiger partial charge is 0.333 e. The Labute approximate surface area is 118 Å². The molecule has 0 aromatic heterocycles. The van der Waals surface area contributed by atoms with Crippen molar-refractivity contribution < 1.29 is 24.2 Å². The molecule has 1 saturated heterocycles. The molecule has 6 heteroatoms. The van der Waals surface area contributed by atoms with Crippen molar-refractivity contribution in [3.05, 3.63) is 23.8 Å². The van der Waals surface area contributed by atoms with Gasteiger partial charge in [0.15, 0.2) is 0 Å². The van der Waals surface area contributed by atoms with Crippen molar-refractivity contribution in [2.75, 3.05) is 13.2 Å². The Morgan fingerprint density at radius 1 is 1.50 bits per heavy atom. The lowest BCUT2D eigenvalue weighted by Crippen LogP contribution is -2.12. The topological polar surface area (TPSA) is 92.7 Å². The fourth-order valence-corrected chi connectivity index (χ4v) is 1.25. The number of carboxylic acids is 1. The number of esters is 1. The van der Waals surface area contributed by atoms with E-state index in [-0.39, 0.29) is 23.5 Å². The molecule has 20 heavy (non-hydrogen) atoms. The zero-order valence-electron chi connectivity index (χ0n) is 11.9. The Bertz CT molecular complexity index is 404. The van der Waals surface area contributed by atoms with Crippen molar-refractivity contribution in [3.63, 3.8) is 0 Å². The zero-order chi connectivity index (χ0) is 15.5. The van der Waals surface area contributed by atoms with E-state index in [1.165, 1.54) is 13.0 Å². The minimum atomic E-state index is -0.998. The lowest BCUT2D eigenvalue weighted by molar-refractivity contribution is -0.138. The number of amides is 1. The van der Waals surface area contributed by atoms with Crippen molar-refractivity contribution in [2.45, 2.75) is 33.1 Å². The molecule has 112 valence electrons. The maximum atomic E-state index is 11.0. The van der Waals surface area contributed by atoms with Gasteiger partial charge in [-0.25, -0.2) is 9.59 Å². The van der Waals surface area contributed by atoms with Gasteiger partial charge in [0.05, 0.1) is 6.61 Å². The molecule has 0 aliphatic carbocycles. The van der Waals surface area contributed by atoms with Crippen LogP contribution in [-0.2, 0) is 19.1 Å². The number of aliphatic carboxylic acids is 1. The average Bonchev–Trinajstić information content (AvgIpc) is 2.87. The number of carbonyl (C=O) groups is 3. The number of hydrogen-bond donors (Lipinski definition) is 2. The van der Waals surface area contributed by atoms with E-state index in [2.05, 4.69) is 16.6 Å². The molecule has 1 fully saturated rings. The Morgan fingerprint density at radius 3 is 2.50 bits per heavy atom. The monoisotopic (exact) mass is 283 g/mol. The average molecular weight is 283 g/mol. The number of allylic oxidation sites excluding steroid dienone is 1. The lowest BCUT2D eigenvalue weighted by Gasteiger charge is -2.02. The van der Waals surface area contributed by atoms with Crippen LogP contribution < -0.4 is 5.32 Å². The van der Waals surface area contributed by atoms with Gasteiger partial charge in [-0.05, 0) is 26.7 Å². The predicted molar refractivity (Wildman–Crippen MR) is 74.0 cm³/mol. The van der Waals surface area contributed by atoms with Crippen LogP contribution in [0.2, 0.25) is 0 Å². The van der Waals surface area contributed by atoms with Gasteiger partial charge in [-0.2, -0.15) is 0 Å². The molecule has 0 bridgehead atoms. The molecule has 1 heterocycles. The number of nitrogens with one attached hydrogen (secondary N) is 1. The van der Waals surface area contributed by atoms with Crippen LogP contribution in [0.3, 0.4) is 0 Å². The molecule has 0 aromatic rings. The third-order valence-corrected chi connectivity index (χ3v) is 2.46. The number of carboxylic acid groups (broad SMARTS) is 1. The molecule has 1 aliphatic heterocycles. The second kappa shape index (κ2) is 9.77. The molecule has 1 amide bonds. The molecule has 0 saturated carbocycles. The summed E-state index contributed by atoms with van der Waals surface area (Å²) in [5, 5.41) is 11.2. The molecule has 1 aliphatic rings. The summed E-state index contributed by atoms with van der Waals surface area (Å²) in [7, 11) is 0. The number of ether oxygens (including phenoxy) is 1. The maximum Gasteiger partial charge on any atom is 0.333 e. The number of carbonyl (C=O) groups excluding carboxylic acids is 2. The first-order valence-electron chi connectivity index (χ1n) is 6.40. The minimum Gasteiger partial charge on any atom is -0.478 e. The Morgan fingerprint density at radius 2 is 2.15 bits per heavy atom. The van der Waals surface area contributed by atoms with Crippen LogP contribution in [0.1, 0.15) is 33.1 Å². The Kier molecular flexibility index (Phi) is 8.74. The zero-order valence-corrected chi connectivity index (χ0v) is 11.9. The highest BCUT2D eigenvalue weighted by atomic mass is 16.5. The molecule has 0 unspecified atom stereocenters. The van der Waals surface area contributed by atoms with Crippen LogP contribution in [0, 0.1) is 0 Å². The second-order valence-electron chi connectivity index (χ2n) is 4.17. The van der Waals surface area contributed by atoms with Crippen LogP contribution in [0.25, 0.3) is 0 Å². The summed E-state index contributed by atoms with van der Waals surface area (Å²) in [6, 6.07) is 0. The minimum absolute atomic E-state index is 0.190. The van der Waals surface area contributed by atoms with Gasteiger partial charge in [0.2, 0.25) is 5.91 Å². The summed E-state index contributed by atoms with van der Waals surface area (Å²) < 4.78 is 4.68. The lowest BCUT2D eigenvalue weighted by atomic mass is 10.1. The van der Waals surface area contributed by atoms with Gasteiger partial charge in [0.1, 0.15) is 0 Å². The van der Waals surface area contributed by atoms with Crippen molar-refractivity contribution in [3.8, 4) is 0 Å². The van der Waals surface area contributed by atoms with E-state index < -0.39 is 11.9 Å². The first-order valence-corrected chi connectivity index (χ1v) is 6.40. The van der Waals surface area contributed by atoms with Crippen molar-refractivity contribution in [1.29, 1.82) is 0 Å². The van der Waals surface area contributed by atoms with Crippen molar-refractivity contribution >= 4 is 17.8 Å². The maximum absolute atomic E-state index is 11.0. The molecule has 1 rings (SSSR count). The van der Waals surface area contributed by atoms with Gasteiger partial charge < -0.3 is 15.2 Å². The van der Waals surface area contributed by atoms with Crippen molar-refractivity contribution in [2.24, 2.45) is 0 Å². The van der Waals surface area contributed by atoms with Crippen LogP contribution in [0.4, 0.5) is 0 Å². The van der Waals surface area contributed by atoms with Gasteiger partial charge >= 0.3 is 11.9 Å². The first kappa shape index (κ1) is 17.9. The molecular weight excluding hydrogens is 262 g/mol. The highest BCUT2D eigenvalue weighted by molar-refractivity contribution is 5.89. The van der Waals surface area contributed by atoms with E-state index in [9.17, 15) is 14.4 Å². The normalized spacial score (nSPS) is 13.9. The summed E-state index contributed by atoms with van der Waals surface area (Å²) in [6.07, 6.45) is 3.40. The standard InChI is InChI=1S/C10H14O4.C4H7NO/c1-4-14-10(13)8(3)6-5-7(2)9(11)12;6-4-2-1-3-5-4/h5H,3-4,6H2,1-2H3,(H,11,12);1-3H2,(H,5,6). The highest BCUT2D eigenvalue weighted by Gasteiger charge is 2.07. The van der Waals surface area contributed by atoms with Gasteiger partial charge in [-0.3, -0.25) is 4.79 Å². The largest absolute Gasteiger partial charge is 0.478 e. The van der Waals surface area contributed by atoms with Crippen LogP contribution in [-0.4, -0.2) is 36.1 Å². The number of rotatable bonds is 5. The van der Waals surface area contributed by atoms with E-state index in [0.29, 0.717) is 6.61 Å². The van der Waals surface area contributed by atoms with E-state index in [1.54, 1.807) is 6.92 Å². The van der Waals surface area contributed by atoms with Gasteiger partial charge in [0, 0.05) is 24.1 Å². The van der Waals surface area contributed by atoms with Crippen molar-refractivity contribution in [1.82, 2.24) is 5.32 Å². The third kappa shape index (κ3) is 8.07. The molecule has 0 spiro atoms. The van der Waals surface area contributed by atoms with Gasteiger partial charge in [-0.15, -0.1) is 0 Å². The first-order chi connectivity index (χ1) is 9.38. The van der Waals surface area contributed by atoms with E-state index in [4.69, 9.17) is 5.11 Å². The van der Waals surface area contributed by atoms with E-state index >= 15 is 0 Å². The Hall–Kier alpha value is -2.11. The number of hydrogen-bond acceptors (Lipinski definition) is 4. The van der Waals surface area contributed by atoms with Crippen LogP contribution in [0.15, 0.2) is 23.8 Å². The quantitative estimate of drug-likeness (QED) is 0.588. The van der Waals surface area contributed by atoms with Crippen LogP contribution in [0.5, 0.6) is 0 Å². The second-order valence-corrected chi connectivity index (χ2v) is 4.17.